The zero-order valence-electron chi connectivity index (χ0n) is 27.8. The Balaban J connectivity index is 1.53. The lowest BCUT2D eigenvalue weighted by Gasteiger charge is -2.37. The van der Waals surface area contributed by atoms with E-state index in [2.05, 4.69) is 31.2 Å². The molecule has 0 aromatic carbocycles. The van der Waals surface area contributed by atoms with E-state index in [1.807, 2.05) is 27.7 Å². The number of aromatic nitrogens is 2. The van der Waals surface area contributed by atoms with Gasteiger partial charge in [-0.15, -0.1) is 0 Å². The molecule has 1 aromatic heterocycles. The summed E-state index contributed by atoms with van der Waals surface area (Å²) in [5.41, 5.74) is -0.685. The lowest BCUT2D eigenvalue weighted by Crippen LogP contribution is -2.62. The number of likely N-dealkylation sites (tertiary alicyclic amines) is 1. The van der Waals surface area contributed by atoms with Gasteiger partial charge in [0, 0.05) is 25.0 Å². The first kappa shape index (κ1) is 35.0. The summed E-state index contributed by atoms with van der Waals surface area (Å²) < 4.78 is 0. The normalized spacial score (nSPS) is 22.8. The molecule has 5 amide bonds. The fourth-order valence-electron chi connectivity index (χ4n) is 6.54. The molecule has 4 rings (SSSR count). The number of nitrogens with zero attached hydrogens (tertiary/aromatic N) is 3. The Morgan fingerprint density at radius 2 is 1.70 bits per heavy atom. The van der Waals surface area contributed by atoms with Crippen molar-refractivity contribution in [3.8, 4) is 0 Å². The standard InChI is InChI=1S/C33H49N7O6/c1-7-9-22(26(41)31(45)36-20-12-13-20)37-30(44)25-21-11-8-10-19(21)17-40(25)32(46)27(33(4,5)6)39-29(43)24(18(2)3)38-28(42)23-16-34-14-15-35-23/h14-16,18-22,24-25,27H,7-13,17H2,1-6H3,(H,36,45)(H,37,44)(H,38,42)(H,39,43)/t19-,21-,22?,24+,25-,27+/m0/s1. The zero-order valence-corrected chi connectivity index (χ0v) is 27.8. The van der Waals surface area contributed by atoms with E-state index in [-0.39, 0.29) is 29.5 Å². The molecule has 3 fully saturated rings. The van der Waals surface area contributed by atoms with E-state index < -0.39 is 64.9 Å². The van der Waals surface area contributed by atoms with Gasteiger partial charge in [0.25, 0.3) is 11.8 Å². The van der Waals surface area contributed by atoms with E-state index >= 15 is 0 Å². The zero-order chi connectivity index (χ0) is 33.8. The Bertz CT molecular complexity index is 1310. The molecule has 2 aliphatic carbocycles. The van der Waals surface area contributed by atoms with Crippen molar-refractivity contribution in [1.82, 2.24) is 36.1 Å². The van der Waals surface area contributed by atoms with Gasteiger partial charge in [-0.2, -0.15) is 0 Å². The monoisotopic (exact) mass is 639 g/mol. The smallest absolute Gasteiger partial charge is 0.289 e. The van der Waals surface area contributed by atoms with Crippen LogP contribution in [0.2, 0.25) is 0 Å². The molecule has 2 saturated carbocycles. The van der Waals surface area contributed by atoms with E-state index in [0.29, 0.717) is 19.4 Å². The number of Topliss-reactive ketones (excluding diaryl/α,β-unsaturated/α-hetero) is 1. The van der Waals surface area contributed by atoms with Crippen molar-refractivity contribution in [2.45, 2.75) is 117 Å². The van der Waals surface area contributed by atoms with Gasteiger partial charge in [-0.3, -0.25) is 33.8 Å². The maximum Gasteiger partial charge on any atom is 0.289 e. The molecule has 0 bridgehead atoms. The fraction of sp³-hybridized carbons (Fsp3) is 0.697. The summed E-state index contributed by atoms with van der Waals surface area (Å²) >= 11 is 0. The predicted molar refractivity (Wildman–Crippen MR) is 169 cm³/mol. The van der Waals surface area contributed by atoms with Crippen molar-refractivity contribution in [2.24, 2.45) is 23.2 Å². The highest BCUT2D eigenvalue weighted by Crippen LogP contribution is 2.43. The summed E-state index contributed by atoms with van der Waals surface area (Å²) in [7, 11) is 0. The van der Waals surface area contributed by atoms with Crippen molar-refractivity contribution >= 4 is 35.3 Å². The molecule has 0 spiro atoms. The summed E-state index contributed by atoms with van der Waals surface area (Å²) in [5, 5.41) is 11.2. The van der Waals surface area contributed by atoms with E-state index in [9.17, 15) is 28.8 Å². The molecular formula is C33H49N7O6. The van der Waals surface area contributed by atoms with Crippen molar-refractivity contribution in [3.63, 3.8) is 0 Å². The van der Waals surface area contributed by atoms with E-state index in [1.165, 1.54) is 18.6 Å². The Kier molecular flexibility index (Phi) is 11.2. The van der Waals surface area contributed by atoms with Crippen LogP contribution in [-0.2, 0) is 24.0 Å². The Morgan fingerprint density at radius 3 is 2.28 bits per heavy atom. The molecule has 3 aliphatic rings. The van der Waals surface area contributed by atoms with Gasteiger partial charge in [0.2, 0.25) is 23.5 Å². The number of carbonyl (C=O) groups is 6. The predicted octanol–water partition coefficient (Wildman–Crippen LogP) is 1.52. The number of rotatable bonds is 13. The van der Waals surface area contributed by atoms with E-state index in [4.69, 9.17) is 0 Å². The van der Waals surface area contributed by atoms with Gasteiger partial charge in [0.05, 0.1) is 12.2 Å². The van der Waals surface area contributed by atoms with Gasteiger partial charge in [-0.05, 0) is 55.3 Å². The molecule has 252 valence electrons. The molecule has 1 aliphatic heterocycles. The number of fused-ring (bicyclic) bond motifs is 1. The summed E-state index contributed by atoms with van der Waals surface area (Å²) in [4.78, 5) is 90.0. The van der Waals surface area contributed by atoms with Crippen LogP contribution >= 0.6 is 0 Å². The lowest BCUT2D eigenvalue weighted by molar-refractivity contribution is -0.146. The van der Waals surface area contributed by atoms with E-state index in [0.717, 1.165) is 32.1 Å². The van der Waals surface area contributed by atoms with Crippen LogP contribution < -0.4 is 21.3 Å². The highest BCUT2D eigenvalue weighted by Gasteiger charge is 2.52. The maximum absolute atomic E-state index is 14.4. The van der Waals surface area contributed by atoms with Crippen LogP contribution in [0.25, 0.3) is 0 Å². The van der Waals surface area contributed by atoms with Gasteiger partial charge in [0.1, 0.15) is 23.8 Å². The van der Waals surface area contributed by atoms with Crippen molar-refractivity contribution in [3.05, 3.63) is 24.3 Å². The quantitative estimate of drug-likeness (QED) is 0.235. The largest absolute Gasteiger partial charge is 0.347 e. The summed E-state index contributed by atoms with van der Waals surface area (Å²) in [6.45, 7) is 11.3. The number of ketones is 1. The van der Waals surface area contributed by atoms with E-state index in [1.54, 1.807) is 18.7 Å². The number of hydrogen-bond acceptors (Lipinski definition) is 8. The average molecular weight is 640 g/mol. The van der Waals surface area contributed by atoms with Gasteiger partial charge in [-0.1, -0.05) is 54.4 Å². The third-order valence-electron chi connectivity index (χ3n) is 9.22. The van der Waals surface area contributed by atoms with Crippen LogP contribution in [0.15, 0.2) is 18.6 Å². The molecule has 2 heterocycles. The van der Waals surface area contributed by atoms with Crippen LogP contribution in [0.3, 0.4) is 0 Å². The number of nitrogens with one attached hydrogen (secondary N) is 4. The highest BCUT2D eigenvalue weighted by molar-refractivity contribution is 6.38. The Hall–Kier alpha value is -3.90. The molecule has 1 unspecified atom stereocenters. The Morgan fingerprint density at radius 1 is 0.978 bits per heavy atom. The van der Waals surface area contributed by atoms with Crippen LogP contribution in [0.5, 0.6) is 0 Å². The molecule has 1 saturated heterocycles. The first-order valence-electron chi connectivity index (χ1n) is 16.6. The van der Waals surface area contributed by atoms with Crippen molar-refractivity contribution < 1.29 is 28.8 Å². The fourth-order valence-corrected chi connectivity index (χ4v) is 6.54. The Labute approximate surface area is 270 Å². The third kappa shape index (κ3) is 8.27. The molecular weight excluding hydrogens is 590 g/mol. The van der Waals surface area contributed by atoms with Gasteiger partial charge in [0.15, 0.2) is 0 Å². The topological polar surface area (TPSA) is 180 Å². The third-order valence-corrected chi connectivity index (χ3v) is 9.22. The number of amides is 5. The maximum atomic E-state index is 14.4. The average Bonchev–Trinajstić information content (AvgIpc) is 3.57. The van der Waals surface area contributed by atoms with Crippen LogP contribution in [0, 0.1) is 23.2 Å². The van der Waals surface area contributed by atoms with Crippen LogP contribution in [0.4, 0.5) is 0 Å². The summed E-state index contributed by atoms with van der Waals surface area (Å²) in [6, 6.07) is -3.79. The second kappa shape index (κ2) is 14.7. The summed E-state index contributed by atoms with van der Waals surface area (Å²) in [6.07, 6.45) is 9.25. The molecule has 1 aromatic rings. The number of carbonyl (C=O) groups excluding carboxylic acids is 6. The molecule has 0 radical (unpaired) electrons. The summed E-state index contributed by atoms with van der Waals surface area (Å²) in [5.74, 6) is -3.61. The lowest BCUT2D eigenvalue weighted by atomic mass is 9.85. The highest BCUT2D eigenvalue weighted by atomic mass is 16.2. The van der Waals surface area contributed by atoms with Crippen molar-refractivity contribution in [2.75, 3.05) is 6.54 Å². The van der Waals surface area contributed by atoms with Gasteiger partial charge >= 0.3 is 0 Å². The minimum absolute atomic E-state index is 0.0109. The molecule has 4 N–H and O–H groups in total. The minimum atomic E-state index is -1.01. The van der Waals surface area contributed by atoms with Crippen molar-refractivity contribution in [1.29, 1.82) is 0 Å². The molecule has 13 heteroatoms. The van der Waals surface area contributed by atoms with Gasteiger partial charge < -0.3 is 26.2 Å². The van der Waals surface area contributed by atoms with Gasteiger partial charge in [-0.25, -0.2) is 4.98 Å². The minimum Gasteiger partial charge on any atom is -0.347 e. The first-order valence-corrected chi connectivity index (χ1v) is 16.6. The van der Waals surface area contributed by atoms with Crippen LogP contribution in [0.1, 0.15) is 97.0 Å². The SMILES string of the molecule is CCCC(NC(=O)[C@@H]1[C@H]2CCC[C@H]2CN1C(=O)[C@@H](NC(=O)[C@H](NC(=O)c1cnccn1)C(C)C)C(C)(C)C)C(=O)C(=O)NC1CC1. The van der Waals surface area contributed by atoms with Crippen LogP contribution in [-0.4, -0.2) is 86.9 Å². The number of hydrogen-bond donors (Lipinski definition) is 4. The first-order chi connectivity index (χ1) is 21.7. The molecule has 46 heavy (non-hydrogen) atoms. The second-order valence-corrected chi connectivity index (χ2v) is 14.3. The molecule has 6 atom stereocenters. The second-order valence-electron chi connectivity index (χ2n) is 14.3. The molecule has 13 nitrogen and oxygen atoms in total.